The molecule has 5 aliphatic rings. The highest BCUT2D eigenvalue weighted by Crippen LogP contribution is 2.33. The van der Waals surface area contributed by atoms with Crippen LogP contribution in [0.3, 0.4) is 0 Å². The molecule has 0 spiro atoms. The van der Waals surface area contributed by atoms with Crippen molar-refractivity contribution in [2.24, 2.45) is 29.4 Å². The van der Waals surface area contributed by atoms with Gasteiger partial charge in [0.1, 0.15) is 17.6 Å². The Morgan fingerprint density at radius 1 is 1.11 bits per heavy atom. The second-order valence-corrected chi connectivity index (χ2v) is 17.0. The SMILES string of the molecule is CC(C1CCC(N=C/C(NC(=O)/C(=C/N)c2nccc(N3C[C@H]4C[C@@H]3CO4)n2)=C(\N)C(F)F)CC1)N1CCN(CC#Cc2cccc3c2n(C)c(=O)n3C2CCC(=O)NC2=O)CC1. The number of halogens is 2. The summed E-state index contributed by atoms with van der Waals surface area (Å²) in [6.07, 6.45) is 5.66. The van der Waals surface area contributed by atoms with Gasteiger partial charge in [0.05, 0.1) is 59.2 Å². The van der Waals surface area contributed by atoms with Gasteiger partial charge >= 0.3 is 5.69 Å². The van der Waals surface area contributed by atoms with Gasteiger partial charge in [-0.25, -0.2) is 23.5 Å². The number of carbonyl (C=O) groups is 3. The molecule has 0 radical (unpaired) electrons. The zero-order valence-electron chi connectivity index (χ0n) is 35.5. The van der Waals surface area contributed by atoms with Gasteiger partial charge in [-0.2, -0.15) is 0 Å². The summed E-state index contributed by atoms with van der Waals surface area (Å²) < 4.78 is 36.5. The Hall–Kier alpha value is -5.97. The number of alkyl halides is 2. The molecule has 4 saturated heterocycles. The van der Waals surface area contributed by atoms with Crippen molar-refractivity contribution >= 4 is 46.4 Å². The summed E-state index contributed by atoms with van der Waals surface area (Å²) in [6, 6.07) is 6.91. The first-order valence-corrected chi connectivity index (χ1v) is 21.6. The zero-order valence-corrected chi connectivity index (χ0v) is 35.5. The van der Waals surface area contributed by atoms with E-state index >= 15 is 0 Å². The molecule has 2 aromatic heterocycles. The summed E-state index contributed by atoms with van der Waals surface area (Å²) in [5.41, 5.74) is 12.1. The number of fused-ring (bicyclic) bond motifs is 3. The number of amides is 3. The molecule has 63 heavy (non-hydrogen) atoms. The topological polar surface area (TPSA) is 211 Å². The third kappa shape index (κ3) is 9.24. The van der Waals surface area contributed by atoms with Crippen LogP contribution < -0.4 is 32.7 Å². The quantitative estimate of drug-likeness (QED) is 0.0938. The number of piperidine rings is 1. The molecule has 1 aliphatic carbocycles. The van der Waals surface area contributed by atoms with Crippen molar-refractivity contribution in [2.75, 3.05) is 50.8 Å². The predicted molar refractivity (Wildman–Crippen MR) is 232 cm³/mol. The highest BCUT2D eigenvalue weighted by atomic mass is 19.3. The van der Waals surface area contributed by atoms with Crippen LogP contribution in [-0.4, -0.2) is 129 Å². The molecule has 4 aliphatic heterocycles. The third-order valence-corrected chi connectivity index (χ3v) is 13.3. The van der Waals surface area contributed by atoms with Crippen LogP contribution in [0.5, 0.6) is 0 Å². The van der Waals surface area contributed by atoms with Gasteiger partial charge in [0.2, 0.25) is 11.8 Å². The number of aryl methyl sites for hydroxylation is 1. The lowest BCUT2D eigenvalue weighted by molar-refractivity contribution is -0.135. The van der Waals surface area contributed by atoms with Crippen molar-refractivity contribution in [1.82, 2.24) is 39.5 Å². The van der Waals surface area contributed by atoms with Gasteiger partial charge in [-0.3, -0.25) is 43.6 Å². The molecular weight excluding hydrogens is 815 g/mol. The smallest absolute Gasteiger partial charge is 0.329 e. The molecule has 3 amide bonds. The average Bonchev–Trinajstić information content (AvgIpc) is 4.00. The van der Waals surface area contributed by atoms with Gasteiger partial charge < -0.3 is 26.4 Å². The minimum Gasteiger partial charge on any atom is -0.404 e. The van der Waals surface area contributed by atoms with Crippen LogP contribution >= 0.6 is 0 Å². The van der Waals surface area contributed by atoms with Crippen molar-refractivity contribution in [3.05, 3.63) is 69.9 Å². The van der Waals surface area contributed by atoms with Crippen LogP contribution in [-0.2, 0) is 26.2 Å². The molecule has 1 saturated carbocycles. The number of piperazine rings is 1. The van der Waals surface area contributed by atoms with E-state index < -0.39 is 30.0 Å². The Balaban J connectivity index is 0.823. The van der Waals surface area contributed by atoms with E-state index in [4.69, 9.17) is 16.2 Å². The van der Waals surface area contributed by atoms with Crippen molar-refractivity contribution in [2.45, 2.75) is 88.6 Å². The van der Waals surface area contributed by atoms with Crippen LogP contribution in [0.25, 0.3) is 16.6 Å². The van der Waals surface area contributed by atoms with Gasteiger partial charge in [-0.1, -0.05) is 17.9 Å². The number of rotatable bonds is 11. The van der Waals surface area contributed by atoms with Crippen LogP contribution in [0.1, 0.15) is 69.3 Å². The number of morpholine rings is 1. The fourth-order valence-corrected chi connectivity index (χ4v) is 9.61. The molecule has 5 fully saturated rings. The molecule has 19 heteroatoms. The second kappa shape index (κ2) is 18.8. The summed E-state index contributed by atoms with van der Waals surface area (Å²) in [6.45, 7) is 7.60. The van der Waals surface area contributed by atoms with E-state index in [1.165, 1.54) is 21.5 Å². The number of benzene rings is 1. The number of aromatic nitrogens is 4. The Morgan fingerprint density at radius 2 is 1.89 bits per heavy atom. The van der Waals surface area contributed by atoms with E-state index in [0.29, 0.717) is 54.1 Å². The maximum atomic E-state index is 13.9. The molecule has 2 bridgehead atoms. The summed E-state index contributed by atoms with van der Waals surface area (Å²) in [5, 5.41) is 4.84. The minimum atomic E-state index is -3.02. The first kappa shape index (κ1) is 43.7. The number of imide groups is 1. The van der Waals surface area contributed by atoms with Crippen molar-refractivity contribution in [3.63, 3.8) is 0 Å². The van der Waals surface area contributed by atoms with E-state index in [1.807, 2.05) is 12.1 Å². The monoisotopic (exact) mass is 868 g/mol. The van der Waals surface area contributed by atoms with Gasteiger partial charge in [-0.05, 0) is 69.6 Å². The van der Waals surface area contributed by atoms with Gasteiger partial charge in [0.15, 0.2) is 5.82 Å². The Kier molecular flexibility index (Phi) is 13.0. The molecule has 6 heterocycles. The first-order chi connectivity index (χ1) is 30.4. The van der Waals surface area contributed by atoms with Crippen LogP contribution in [0.2, 0.25) is 0 Å². The number of hydrogen-bond donors (Lipinski definition) is 4. The molecule has 8 rings (SSSR count). The molecule has 2 unspecified atom stereocenters. The second-order valence-electron chi connectivity index (χ2n) is 17.0. The number of anilines is 1. The molecule has 334 valence electrons. The predicted octanol–water partition coefficient (Wildman–Crippen LogP) is 1.62. The molecule has 1 aromatic carbocycles. The van der Waals surface area contributed by atoms with Gasteiger partial charge in [0.25, 0.3) is 12.3 Å². The maximum Gasteiger partial charge on any atom is 0.329 e. The molecule has 17 nitrogen and oxygen atoms in total. The number of allylic oxidation sites excluding steroid dienone is 2. The molecule has 6 N–H and O–H groups in total. The van der Waals surface area contributed by atoms with Gasteiger partial charge in [-0.15, -0.1) is 0 Å². The van der Waals surface area contributed by atoms with Crippen molar-refractivity contribution in [3.8, 4) is 11.8 Å². The van der Waals surface area contributed by atoms with E-state index in [1.54, 1.807) is 19.2 Å². The van der Waals surface area contributed by atoms with E-state index in [9.17, 15) is 28.0 Å². The zero-order chi connectivity index (χ0) is 44.4. The van der Waals surface area contributed by atoms with E-state index in [-0.39, 0.29) is 59.7 Å². The Bertz CT molecular complexity index is 2450. The summed E-state index contributed by atoms with van der Waals surface area (Å²) >= 11 is 0. The lowest BCUT2D eigenvalue weighted by Crippen LogP contribution is -2.51. The number of hydrogen-bond acceptors (Lipinski definition) is 13. The Morgan fingerprint density at radius 3 is 2.57 bits per heavy atom. The van der Waals surface area contributed by atoms with Crippen molar-refractivity contribution < 1.29 is 27.9 Å². The lowest BCUT2D eigenvalue weighted by atomic mass is 9.81. The molecule has 4 atom stereocenters. The number of nitrogens with zero attached hydrogens (tertiary/aromatic N) is 8. The first-order valence-electron chi connectivity index (χ1n) is 21.6. The summed E-state index contributed by atoms with van der Waals surface area (Å²) in [5.74, 6) is 6.12. The van der Waals surface area contributed by atoms with Crippen LogP contribution in [0.15, 0.2) is 57.8 Å². The number of carbonyl (C=O) groups excluding carboxylic acids is 3. The summed E-state index contributed by atoms with van der Waals surface area (Å²) in [4.78, 5) is 71.4. The minimum absolute atomic E-state index is 0.0622. The largest absolute Gasteiger partial charge is 0.404 e. The summed E-state index contributed by atoms with van der Waals surface area (Å²) in [7, 11) is 1.67. The van der Waals surface area contributed by atoms with E-state index in [2.05, 4.69) is 59.1 Å². The Labute approximate surface area is 363 Å². The third-order valence-electron chi connectivity index (χ3n) is 13.3. The fraction of sp³-hybridized carbons (Fsp3) is 0.523. The number of aliphatic imine (C=N–C) groups is 1. The highest BCUT2D eigenvalue weighted by molar-refractivity contribution is 6.19. The highest BCUT2D eigenvalue weighted by Gasteiger charge is 2.40. The number of nitrogens with two attached hydrogens (primary N) is 2. The number of para-hydroxylation sites is 1. The normalized spacial score (nSPS) is 25.6. The molecular formula is C44H54F2N12O5. The fourth-order valence-electron chi connectivity index (χ4n) is 9.61. The standard InChI is InChI=1S/C44H54F2N12O5/c1-26(56-19-17-55(18-20-56)16-4-6-28-5-3-7-34-39(28)54(2)44(62)58(34)35-12-13-37(59)53-43(35)61)27-8-10-29(11-9-27)50-23-33(38(48)40(45)46)51-42(60)32(22-47)41-49-15-14-36(52-41)57-24-31-21-30(57)25-63-31/h3,5,7,14-15,22-23,26-27,29-31,35,40H,8-13,16-21,24-25,47-48H2,1-2H3,(H,51,60)(H,53,59,61)/b32-22+,38-33+,50-23?/t26?,27?,29?,30-,31-,35?/m1/s1. The van der Waals surface area contributed by atoms with Crippen LogP contribution in [0.4, 0.5) is 14.6 Å². The number of imidazole rings is 1. The van der Waals surface area contributed by atoms with E-state index in [0.717, 1.165) is 64.5 Å². The van der Waals surface area contributed by atoms with Gasteiger partial charge in [0, 0.05) is 70.8 Å². The maximum absolute atomic E-state index is 13.9. The van der Waals surface area contributed by atoms with Crippen LogP contribution in [0, 0.1) is 17.8 Å². The average molecular weight is 869 g/mol. The lowest BCUT2D eigenvalue weighted by Gasteiger charge is -2.42. The number of nitrogens with one attached hydrogen (secondary N) is 2. The van der Waals surface area contributed by atoms with Crippen molar-refractivity contribution in [1.29, 1.82) is 0 Å². The molecule has 3 aromatic rings. The number of ether oxygens (including phenoxy) is 1.